The Morgan fingerprint density at radius 3 is 2.32 bits per heavy atom. The molecule has 0 aromatic heterocycles. The lowest BCUT2D eigenvalue weighted by molar-refractivity contribution is -0.143. The minimum absolute atomic E-state index is 0.247. The summed E-state index contributed by atoms with van der Waals surface area (Å²) in [6.07, 6.45) is 3.00. The lowest BCUT2D eigenvalue weighted by Crippen LogP contribution is -2.56. The molecule has 8 N–H and O–H groups in total. The number of nitrogens with one attached hydrogen (secondary N) is 4. The second kappa shape index (κ2) is 12.3. The molecule has 0 aromatic rings. The minimum Gasteiger partial charge on any atom is -0.480 e. The Morgan fingerprint density at radius 1 is 1.11 bits per heavy atom. The maximum atomic E-state index is 12.4. The van der Waals surface area contributed by atoms with Crippen molar-refractivity contribution in [3.05, 3.63) is 0 Å². The topological polar surface area (TPSA) is 183 Å². The third kappa shape index (κ3) is 7.79. The van der Waals surface area contributed by atoms with E-state index in [2.05, 4.69) is 21.3 Å². The van der Waals surface area contributed by atoms with Gasteiger partial charge in [0.2, 0.25) is 17.7 Å². The number of aliphatic carboxylic acids is 1. The number of hydrogen-bond donors (Lipinski definition) is 7. The summed E-state index contributed by atoms with van der Waals surface area (Å²) >= 11 is 0. The Balaban J connectivity index is 2.66. The molecule has 0 aliphatic carbocycles. The second-order valence-electron chi connectivity index (χ2n) is 6.81. The summed E-state index contributed by atoms with van der Waals surface area (Å²) in [7, 11) is 0. The van der Waals surface area contributed by atoms with Gasteiger partial charge in [-0.1, -0.05) is 0 Å². The van der Waals surface area contributed by atoms with E-state index >= 15 is 0 Å². The maximum absolute atomic E-state index is 12.4. The fraction of sp³-hybridized carbons (Fsp3) is 0.765. The molecule has 28 heavy (non-hydrogen) atoms. The zero-order valence-corrected chi connectivity index (χ0v) is 16.1. The number of carbonyl (C=O) groups excluding carboxylic acids is 3. The molecule has 1 aliphatic rings. The summed E-state index contributed by atoms with van der Waals surface area (Å²) in [6, 6.07) is -3.67. The van der Waals surface area contributed by atoms with Crippen LogP contribution in [0.15, 0.2) is 0 Å². The molecule has 1 aliphatic heterocycles. The van der Waals surface area contributed by atoms with Gasteiger partial charge in [0.1, 0.15) is 18.1 Å². The first-order valence-corrected chi connectivity index (χ1v) is 9.48. The van der Waals surface area contributed by atoms with Crippen molar-refractivity contribution in [2.24, 2.45) is 5.73 Å². The van der Waals surface area contributed by atoms with E-state index in [0.717, 1.165) is 13.0 Å². The number of carboxylic acid groups (broad SMARTS) is 1. The molecule has 3 amide bonds. The van der Waals surface area contributed by atoms with E-state index in [0.29, 0.717) is 25.8 Å². The first kappa shape index (κ1) is 23.8. The number of carbonyl (C=O) groups is 4. The van der Waals surface area contributed by atoms with Gasteiger partial charge >= 0.3 is 5.97 Å². The maximum Gasteiger partial charge on any atom is 0.328 e. The summed E-state index contributed by atoms with van der Waals surface area (Å²) in [4.78, 5) is 47.9. The van der Waals surface area contributed by atoms with Gasteiger partial charge in [-0.15, -0.1) is 0 Å². The van der Waals surface area contributed by atoms with Crippen molar-refractivity contribution in [3.63, 3.8) is 0 Å². The van der Waals surface area contributed by atoms with Crippen molar-refractivity contribution >= 4 is 23.7 Å². The number of carboxylic acids is 1. The van der Waals surface area contributed by atoms with Crippen LogP contribution in [0, 0.1) is 0 Å². The monoisotopic (exact) mass is 401 g/mol. The molecule has 0 bridgehead atoms. The fourth-order valence-electron chi connectivity index (χ4n) is 2.80. The number of aliphatic hydroxyl groups is 1. The molecule has 0 spiro atoms. The third-order valence-electron chi connectivity index (χ3n) is 4.51. The van der Waals surface area contributed by atoms with Gasteiger partial charge in [0.05, 0.1) is 12.6 Å². The lowest BCUT2D eigenvalue weighted by atomic mass is 10.1. The van der Waals surface area contributed by atoms with Crippen molar-refractivity contribution in [2.45, 2.75) is 63.2 Å². The third-order valence-corrected chi connectivity index (χ3v) is 4.51. The van der Waals surface area contributed by atoms with Crippen LogP contribution in [0.3, 0.4) is 0 Å². The molecule has 1 rings (SSSR count). The van der Waals surface area contributed by atoms with Crippen molar-refractivity contribution in [3.8, 4) is 0 Å². The Labute approximate surface area is 163 Å². The van der Waals surface area contributed by atoms with Gasteiger partial charge in [-0.3, -0.25) is 14.4 Å². The number of amides is 3. The average molecular weight is 401 g/mol. The standard InChI is InChI=1S/C17H31N5O6/c1-10(20-15(25)11-6-4-8-19-11)14(24)21-12(5-2-3-7-18)16(26)22-13(9-23)17(27)28/h10-13,19,23H,2-9,18H2,1H3,(H,20,25)(H,21,24)(H,22,26)(H,27,28). The van der Waals surface area contributed by atoms with E-state index in [1.165, 1.54) is 6.92 Å². The Hall–Kier alpha value is -2.24. The van der Waals surface area contributed by atoms with Gasteiger partial charge in [0.25, 0.3) is 0 Å². The van der Waals surface area contributed by atoms with Gasteiger partial charge in [0, 0.05) is 0 Å². The molecule has 0 radical (unpaired) electrons. The van der Waals surface area contributed by atoms with Crippen molar-refractivity contribution in [2.75, 3.05) is 19.7 Å². The van der Waals surface area contributed by atoms with Crippen molar-refractivity contribution in [1.82, 2.24) is 21.3 Å². The Bertz CT molecular complexity index is 552. The van der Waals surface area contributed by atoms with E-state index < -0.39 is 42.5 Å². The minimum atomic E-state index is -1.47. The molecule has 160 valence electrons. The van der Waals surface area contributed by atoms with Crippen molar-refractivity contribution < 1.29 is 29.4 Å². The molecule has 1 fully saturated rings. The summed E-state index contributed by atoms with van der Waals surface area (Å²) < 4.78 is 0. The van der Waals surface area contributed by atoms with Crippen LogP contribution >= 0.6 is 0 Å². The molecule has 4 atom stereocenters. The molecule has 1 heterocycles. The van der Waals surface area contributed by atoms with Crippen LogP contribution in [-0.2, 0) is 19.2 Å². The zero-order valence-electron chi connectivity index (χ0n) is 16.1. The van der Waals surface area contributed by atoms with Crippen LogP contribution in [0.5, 0.6) is 0 Å². The molecule has 1 saturated heterocycles. The van der Waals surface area contributed by atoms with E-state index in [-0.39, 0.29) is 18.4 Å². The van der Waals surface area contributed by atoms with Crippen LogP contribution in [0.4, 0.5) is 0 Å². The van der Waals surface area contributed by atoms with Gasteiger partial charge in [-0.2, -0.15) is 0 Å². The van der Waals surface area contributed by atoms with Crippen molar-refractivity contribution in [1.29, 1.82) is 0 Å². The van der Waals surface area contributed by atoms with E-state index in [4.69, 9.17) is 15.9 Å². The van der Waals surface area contributed by atoms with Crippen LogP contribution in [0.25, 0.3) is 0 Å². The van der Waals surface area contributed by atoms with Crippen LogP contribution < -0.4 is 27.0 Å². The molecule has 0 saturated carbocycles. The first-order valence-electron chi connectivity index (χ1n) is 9.48. The second-order valence-corrected chi connectivity index (χ2v) is 6.81. The van der Waals surface area contributed by atoms with Crippen LogP contribution in [-0.4, -0.2) is 77.8 Å². The van der Waals surface area contributed by atoms with Crippen LogP contribution in [0.2, 0.25) is 0 Å². The number of nitrogens with two attached hydrogens (primary N) is 1. The number of aliphatic hydroxyl groups excluding tert-OH is 1. The predicted octanol–water partition coefficient (Wildman–Crippen LogP) is -2.58. The highest BCUT2D eigenvalue weighted by Crippen LogP contribution is 2.06. The number of unbranched alkanes of at least 4 members (excludes halogenated alkanes) is 1. The smallest absolute Gasteiger partial charge is 0.328 e. The average Bonchev–Trinajstić information content (AvgIpc) is 3.19. The highest BCUT2D eigenvalue weighted by atomic mass is 16.4. The van der Waals surface area contributed by atoms with E-state index in [1.54, 1.807) is 0 Å². The molecule has 0 aromatic carbocycles. The highest BCUT2D eigenvalue weighted by Gasteiger charge is 2.29. The first-order chi connectivity index (χ1) is 13.3. The Morgan fingerprint density at radius 2 is 1.79 bits per heavy atom. The largest absolute Gasteiger partial charge is 0.480 e. The van der Waals surface area contributed by atoms with Gasteiger partial charge in [-0.05, 0) is 52.1 Å². The predicted molar refractivity (Wildman–Crippen MR) is 100 cm³/mol. The Kier molecular flexibility index (Phi) is 10.4. The highest BCUT2D eigenvalue weighted by molar-refractivity contribution is 5.93. The molecule has 11 nitrogen and oxygen atoms in total. The quantitative estimate of drug-likeness (QED) is 0.174. The molecular formula is C17H31N5O6. The molecular weight excluding hydrogens is 370 g/mol. The van der Waals surface area contributed by atoms with Gasteiger partial charge in [0.15, 0.2) is 0 Å². The molecule has 4 unspecified atom stereocenters. The molecule has 11 heteroatoms. The van der Waals surface area contributed by atoms with Gasteiger partial charge in [-0.25, -0.2) is 4.79 Å². The van der Waals surface area contributed by atoms with E-state index in [1.807, 2.05) is 0 Å². The number of hydrogen-bond acceptors (Lipinski definition) is 7. The summed E-state index contributed by atoms with van der Waals surface area (Å²) in [6.45, 7) is 1.89. The van der Waals surface area contributed by atoms with Gasteiger partial charge < -0.3 is 37.2 Å². The fourth-order valence-corrected chi connectivity index (χ4v) is 2.80. The van der Waals surface area contributed by atoms with Crippen LogP contribution in [0.1, 0.15) is 39.0 Å². The normalized spacial score (nSPS) is 19.3. The van der Waals surface area contributed by atoms with E-state index in [9.17, 15) is 19.2 Å². The summed E-state index contributed by atoms with van der Waals surface area (Å²) in [5.74, 6) is -2.94. The summed E-state index contributed by atoms with van der Waals surface area (Å²) in [5, 5.41) is 28.4. The number of rotatable bonds is 12. The SMILES string of the molecule is CC(NC(=O)C1CCCN1)C(=O)NC(CCCCN)C(=O)NC(CO)C(=O)O. The zero-order chi connectivity index (χ0) is 21.1. The lowest BCUT2D eigenvalue weighted by Gasteiger charge is -2.23. The summed E-state index contributed by atoms with van der Waals surface area (Å²) in [5.41, 5.74) is 5.44.